The van der Waals surface area contributed by atoms with Crippen molar-refractivity contribution in [3.8, 4) is 5.75 Å². The molecule has 4 rings (SSSR count). The quantitative estimate of drug-likeness (QED) is 0.523. The summed E-state index contributed by atoms with van der Waals surface area (Å²) in [4.78, 5) is 15.3. The number of carbonyl (C=O) groups is 1. The molecule has 6 heteroatoms. The maximum atomic E-state index is 12.1. The van der Waals surface area contributed by atoms with Gasteiger partial charge in [-0.05, 0) is 62.0 Å². The summed E-state index contributed by atoms with van der Waals surface area (Å²) in [7, 11) is 0. The summed E-state index contributed by atoms with van der Waals surface area (Å²) in [6, 6.07) is 15.3. The Morgan fingerprint density at radius 1 is 1.28 bits per heavy atom. The number of halogens is 1. The van der Waals surface area contributed by atoms with E-state index in [1.54, 1.807) is 11.3 Å². The first kappa shape index (κ1) is 20.2. The third-order valence-electron chi connectivity index (χ3n) is 5.44. The van der Waals surface area contributed by atoms with Crippen LogP contribution in [0.2, 0.25) is 5.02 Å². The number of hydrogen-bond acceptors (Lipinski definition) is 4. The summed E-state index contributed by atoms with van der Waals surface area (Å²) in [6.45, 7) is 3.22. The molecule has 152 valence electrons. The third kappa shape index (κ3) is 4.13. The smallest absolute Gasteiger partial charge is 0.320 e. The Morgan fingerprint density at radius 2 is 2.10 bits per heavy atom. The van der Waals surface area contributed by atoms with Gasteiger partial charge in [0.05, 0.1) is 12.6 Å². The van der Waals surface area contributed by atoms with Crippen LogP contribution in [-0.4, -0.2) is 35.2 Å². The molecule has 2 atom stereocenters. The molecule has 0 aliphatic carbocycles. The van der Waals surface area contributed by atoms with Crippen molar-refractivity contribution in [2.45, 2.75) is 38.3 Å². The lowest BCUT2D eigenvalue weighted by atomic mass is 9.94. The molecule has 0 amide bonds. The highest BCUT2D eigenvalue weighted by atomic mass is 35.5. The van der Waals surface area contributed by atoms with Crippen molar-refractivity contribution in [1.29, 1.82) is 0 Å². The van der Waals surface area contributed by atoms with E-state index in [2.05, 4.69) is 23.1 Å². The number of carboxylic acids is 1. The summed E-state index contributed by atoms with van der Waals surface area (Å²) in [6.07, 6.45) is 2.57. The summed E-state index contributed by atoms with van der Waals surface area (Å²) in [5.41, 5.74) is 0.930. The van der Waals surface area contributed by atoms with Gasteiger partial charge in [0.2, 0.25) is 0 Å². The Balaban J connectivity index is 1.89. The van der Waals surface area contributed by atoms with Crippen LogP contribution in [-0.2, 0) is 4.79 Å². The fraction of sp³-hybridized carbons (Fsp3) is 0.348. The number of benzene rings is 2. The lowest BCUT2D eigenvalue weighted by molar-refractivity contribution is -0.145. The molecule has 1 saturated heterocycles. The molecule has 1 fully saturated rings. The fourth-order valence-corrected chi connectivity index (χ4v) is 5.57. The molecule has 1 aliphatic rings. The normalized spacial score (nSPS) is 18.6. The molecule has 2 heterocycles. The Bertz CT molecular complexity index is 985. The van der Waals surface area contributed by atoms with Gasteiger partial charge in [0.15, 0.2) is 0 Å². The molecular formula is C23H24ClNO3S. The van der Waals surface area contributed by atoms with Gasteiger partial charge in [0.25, 0.3) is 0 Å². The average molecular weight is 430 g/mol. The van der Waals surface area contributed by atoms with Crippen molar-refractivity contribution >= 4 is 39.0 Å². The van der Waals surface area contributed by atoms with Crippen LogP contribution in [0, 0.1) is 0 Å². The average Bonchev–Trinajstić information content (AvgIpc) is 3.14. The second-order valence-electron chi connectivity index (χ2n) is 7.29. The first-order valence-electron chi connectivity index (χ1n) is 9.97. The number of aliphatic carboxylic acids is 1. The minimum atomic E-state index is -0.768. The highest BCUT2D eigenvalue weighted by Gasteiger charge is 2.37. The Morgan fingerprint density at radius 3 is 2.86 bits per heavy atom. The van der Waals surface area contributed by atoms with Crippen LogP contribution in [0.15, 0.2) is 48.5 Å². The van der Waals surface area contributed by atoms with Gasteiger partial charge in [-0.3, -0.25) is 9.69 Å². The molecule has 2 aromatic carbocycles. The predicted molar refractivity (Wildman–Crippen MR) is 118 cm³/mol. The molecule has 1 aliphatic heterocycles. The minimum Gasteiger partial charge on any atom is -0.494 e. The number of likely N-dealkylation sites (tertiary alicyclic amines) is 1. The first-order valence-corrected chi connectivity index (χ1v) is 11.2. The van der Waals surface area contributed by atoms with E-state index < -0.39 is 12.0 Å². The van der Waals surface area contributed by atoms with Crippen molar-refractivity contribution in [2.75, 3.05) is 13.2 Å². The van der Waals surface area contributed by atoms with Gasteiger partial charge < -0.3 is 9.84 Å². The van der Waals surface area contributed by atoms with Gasteiger partial charge in [0.1, 0.15) is 11.8 Å². The van der Waals surface area contributed by atoms with Crippen LogP contribution < -0.4 is 4.74 Å². The highest BCUT2D eigenvalue weighted by molar-refractivity contribution is 7.19. The van der Waals surface area contributed by atoms with Gasteiger partial charge in [-0.15, -0.1) is 11.3 Å². The Labute approximate surface area is 179 Å². The van der Waals surface area contributed by atoms with Crippen molar-refractivity contribution in [1.82, 2.24) is 4.90 Å². The number of fused-ring (bicyclic) bond motifs is 1. The van der Waals surface area contributed by atoms with Crippen molar-refractivity contribution in [2.24, 2.45) is 0 Å². The van der Waals surface area contributed by atoms with Crippen LogP contribution in [0.25, 0.3) is 10.1 Å². The third-order valence-corrected chi connectivity index (χ3v) is 6.84. The van der Waals surface area contributed by atoms with Crippen LogP contribution in [0.4, 0.5) is 0 Å². The number of piperidine rings is 1. The molecule has 3 aromatic rings. The van der Waals surface area contributed by atoms with Gasteiger partial charge in [0, 0.05) is 20.2 Å². The van der Waals surface area contributed by atoms with E-state index in [4.69, 9.17) is 16.3 Å². The van der Waals surface area contributed by atoms with E-state index in [1.165, 1.54) is 10.1 Å². The maximum absolute atomic E-state index is 12.1. The predicted octanol–water partition coefficient (Wildman–Crippen LogP) is 5.98. The number of rotatable bonds is 6. The molecule has 0 saturated carbocycles. The summed E-state index contributed by atoms with van der Waals surface area (Å²) >= 11 is 8.09. The van der Waals surface area contributed by atoms with Gasteiger partial charge >= 0.3 is 5.97 Å². The summed E-state index contributed by atoms with van der Waals surface area (Å²) in [5.74, 6) is -0.00938. The maximum Gasteiger partial charge on any atom is 0.320 e. The monoisotopic (exact) mass is 429 g/mol. The summed E-state index contributed by atoms with van der Waals surface area (Å²) < 4.78 is 7.12. The van der Waals surface area contributed by atoms with Gasteiger partial charge in [-0.25, -0.2) is 0 Å². The van der Waals surface area contributed by atoms with Crippen LogP contribution >= 0.6 is 22.9 Å². The number of carboxylic acid groups (broad SMARTS) is 1. The van der Waals surface area contributed by atoms with E-state index in [1.807, 2.05) is 37.3 Å². The van der Waals surface area contributed by atoms with Crippen LogP contribution in [0.5, 0.6) is 5.75 Å². The van der Waals surface area contributed by atoms with Gasteiger partial charge in [-0.2, -0.15) is 0 Å². The molecule has 1 N–H and O–H groups in total. The lowest BCUT2D eigenvalue weighted by Crippen LogP contribution is -2.46. The minimum absolute atomic E-state index is 0.214. The fourth-order valence-electron chi connectivity index (χ4n) is 4.18. The number of nitrogens with zero attached hydrogens (tertiary/aromatic N) is 1. The second-order valence-corrected chi connectivity index (χ2v) is 8.84. The van der Waals surface area contributed by atoms with Crippen molar-refractivity contribution in [3.05, 3.63) is 64.0 Å². The van der Waals surface area contributed by atoms with Crippen LogP contribution in [0.3, 0.4) is 0 Å². The molecular weight excluding hydrogens is 406 g/mol. The highest BCUT2D eigenvalue weighted by Crippen LogP contribution is 2.43. The molecule has 4 nitrogen and oxygen atoms in total. The zero-order valence-electron chi connectivity index (χ0n) is 16.3. The molecule has 29 heavy (non-hydrogen) atoms. The number of ether oxygens (including phenoxy) is 1. The van der Waals surface area contributed by atoms with E-state index in [0.717, 1.165) is 35.6 Å². The molecule has 1 aromatic heterocycles. The Kier molecular flexibility index (Phi) is 6.09. The number of thiophene rings is 1. The Hall–Kier alpha value is -2.08. The van der Waals surface area contributed by atoms with Crippen molar-refractivity contribution < 1.29 is 14.6 Å². The van der Waals surface area contributed by atoms with E-state index in [0.29, 0.717) is 18.1 Å². The van der Waals surface area contributed by atoms with Crippen LogP contribution in [0.1, 0.15) is 42.7 Å². The van der Waals surface area contributed by atoms with E-state index >= 15 is 0 Å². The van der Waals surface area contributed by atoms with Crippen molar-refractivity contribution in [3.63, 3.8) is 0 Å². The molecule has 0 bridgehead atoms. The second kappa shape index (κ2) is 8.74. The molecule has 0 spiro atoms. The lowest BCUT2D eigenvalue weighted by Gasteiger charge is -2.39. The number of hydrogen-bond donors (Lipinski definition) is 1. The van der Waals surface area contributed by atoms with E-state index in [9.17, 15) is 9.90 Å². The largest absolute Gasteiger partial charge is 0.494 e. The SMILES string of the molecule is CCOc1ccc(Cl)cc1C(c1cc2ccccc2s1)N1CCCCC1C(=O)O. The standard InChI is InChI=1S/C23H24ClNO3S/c1-2-28-19-11-10-16(24)14-17(19)22(25-12-6-5-8-18(25)23(26)27)21-13-15-7-3-4-9-20(15)29-21/h3-4,7,9-11,13-14,18,22H,2,5-6,8,12H2,1H3,(H,26,27). The van der Waals surface area contributed by atoms with Gasteiger partial charge in [-0.1, -0.05) is 36.2 Å². The van der Waals surface area contributed by atoms with E-state index in [-0.39, 0.29) is 6.04 Å². The molecule has 0 radical (unpaired) electrons. The zero-order valence-corrected chi connectivity index (χ0v) is 17.9. The first-order chi connectivity index (χ1) is 14.1. The topological polar surface area (TPSA) is 49.8 Å². The zero-order chi connectivity index (χ0) is 20.4. The molecule has 2 unspecified atom stereocenters. The summed E-state index contributed by atoms with van der Waals surface area (Å²) in [5, 5.41) is 11.7.